The van der Waals surface area contributed by atoms with Gasteiger partial charge in [0.2, 0.25) is 0 Å². The lowest BCUT2D eigenvalue weighted by atomic mass is 10.1. The fourth-order valence-corrected chi connectivity index (χ4v) is 2.65. The maximum atomic E-state index is 13.0. The molecular formula is C15H15F3N4O. The van der Waals surface area contributed by atoms with E-state index in [1.165, 1.54) is 12.1 Å². The molecule has 0 unspecified atom stereocenters. The molecule has 5 nitrogen and oxygen atoms in total. The minimum atomic E-state index is -4.52. The van der Waals surface area contributed by atoms with E-state index in [9.17, 15) is 18.0 Å². The molecule has 2 N–H and O–H groups in total. The zero-order valence-corrected chi connectivity index (χ0v) is 12.1. The van der Waals surface area contributed by atoms with Gasteiger partial charge in [0.25, 0.3) is 5.91 Å². The third kappa shape index (κ3) is 3.07. The van der Waals surface area contributed by atoms with E-state index in [-0.39, 0.29) is 17.6 Å². The Morgan fingerprint density at radius 3 is 2.74 bits per heavy atom. The summed E-state index contributed by atoms with van der Waals surface area (Å²) in [5.74, 6) is -0.236. The van der Waals surface area contributed by atoms with Gasteiger partial charge in [-0.2, -0.15) is 18.3 Å². The minimum absolute atomic E-state index is 0.0509. The Hall–Kier alpha value is -2.35. The largest absolute Gasteiger partial charge is 0.433 e. The molecule has 1 fully saturated rings. The molecule has 8 heteroatoms. The number of rotatable bonds is 2. The van der Waals surface area contributed by atoms with Crippen molar-refractivity contribution in [3.05, 3.63) is 47.8 Å². The highest BCUT2D eigenvalue weighted by atomic mass is 19.4. The topological polar surface area (TPSA) is 64.2 Å². The van der Waals surface area contributed by atoms with Crippen molar-refractivity contribution < 1.29 is 18.0 Å². The highest BCUT2D eigenvalue weighted by Crippen LogP contribution is 2.30. The highest BCUT2D eigenvalue weighted by molar-refractivity contribution is 5.95. The number of carbonyl (C=O) groups is 1. The average Bonchev–Trinajstić information content (AvgIpc) is 3.15. The first-order chi connectivity index (χ1) is 10.9. The number of nitrogens with two attached hydrogens (primary N) is 1. The minimum Gasteiger partial charge on any atom is -0.337 e. The Morgan fingerprint density at radius 2 is 2.09 bits per heavy atom. The monoisotopic (exact) mass is 324 g/mol. The molecule has 1 saturated heterocycles. The van der Waals surface area contributed by atoms with Crippen LogP contribution in [-0.4, -0.2) is 39.7 Å². The fourth-order valence-electron chi connectivity index (χ4n) is 2.65. The molecule has 2 aromatic rings. The Bertz CT molecular complexity index is 726. The molecule has 1 amide bonds. The van der Waals surface area contributed by atoms with Gasteiger partial charge in [0.1, 0.15) is 5.69 Å². The molecule has 0 saturated carbocycles. The van der Waals surface area contributed by atoms with Gasteiger partial charge in [0.05, 0.1) is 11.9 Å². The van der Waals surface area contributed by atoms with Crippen LogP contribution in [-0.2, 0) is 6.18 Å². The van der Waals surface area contributed by atoms with Gasteiger partial charge in [-0.15, -0.1) is 0 Å². The van der Waals surface area contributed by atoms with Crippen LogP contribution < -0.4 is 5.73 Å². The second kappa shape index (κ2) is 5.69. The number of aromatic nitrogens is 2. The maximum absolute atomic E-state index is 13.0. The summed E-state index contributed by atoms with van der Waals surface area (Å²) in [6.07, 6.45) is -2.71. The summed E-state index contributed by atoms with van der Waals surface area (Å²) in [5.41, 5.74) is 5.41. The van der Waals surface area contributed by atoms with E-state index in [0.717, 1.165) is 23.4 Å². The zero-order valence-electron chi connectivity index (χ0n) is 12.1. The van der Waals surface area contributed by atoms with Gasteiger partial charge in [-0.05, 0) is 30.7 Å². The van der Waals surface area contributed by atoms with Gasteiger partial charge in [0, 0.05) is 24.7 Å². The first kappa shape index (κ1) is 15.5. The third-order valence-electron chi connectivity index (χ3n) is 3.78. The molecule has 3 rings (SSSR count). The normalized spacial score (nSPS) is 18.4. The van der Waals surface area contributed by atoms with Crippen LogP contribution in [0.2, 0.25) is 0 Å². The molecule has 2 heterocycles. The number of hydrogen-bond acceptors (Lipinski definition) is 3. The molecule has 1 aromatic carbocycles. The lowest BCUT2D eigenvalue weighted by Gasteiger charge is -2.17. The molecular weight excluding hydrogens is 309 g/mol. The van der Waals surface area contributed by atoms with E-state index in [1.54, 1.807) is 17.0 Å². The van der Waals surface area contributed by atoms with Gasteiger partial charge < -0.3 is 10.6 Å². The van der Waals surface area contributed by atoms with Crippen LogP contribution in [0.4, 0.5) is 13.2 Å². The Balaban J connectivity index is 1.92. The SMILES string of the molecule is N[C@@H]1CCN(C(=O)c2cccc(-n3nccc3C(F)(F)F)c2)C1. The summed E-state index contributed by atoms with van der Waals surface area (Å²) < 4.78 is 39.7. The van der Waals surface area contributed by atoms with Crippen molar-refractivity contribution in [2.24, 2.45) is 5.73 Å². The van der Waals surface area contributed by atoms with Gasteiger partial charge in [0.15, 0.2) is 0 Å². The Labute approximate surface area is 130 Å². The van der Waals surface area contributed by atoms with Crippen LogP contribution >= 0.6 is 0 Å². The summed E-state index contributed by atoms with van der Waals surface area (Å²) >= 11 is 0. The first-order valence-corrected chi connectivity index (χ1v) is 7.13. The third-order valence-corrected chi connectivity index (χ3v) is 3.78. The summed E-state index contributed by atoms with van der Waals surface area (Å²) in [6.45, 7) is 1.01. The smallest absolute Gasteiger partial charge is 0.337 e. The summed E-state index contributed by atoms with van der Waals surface area (Å²) in [4.78, 5) is 14.0. The van der Waals surface area contributed by atoms with E-state index in [1.807, 2.05) is 0 Å². The number of nitrogens with zero attached hydrogens (tertiary/aromatic N) is 3. The summed E-state index contributed by atoms with van der Waals surface area (Å²) in [6, 6.07) is 6.86. The molecule has 1 atom stereocenters. The number of likely N-dealkylation sites (tertiary alicyclic amines) is 1. The maximum Gasteiger partial charge on any atom is 0.433 e. The van der Waals surface area contributed by atoms with Crippen molar-refractivity contribution in [1.29, 1.82) is 0 Å². The zero-order chi connectivity index (χ0) is 16.6. The number of amides is 1. The van der Waals surface area contributed by atoms with E-state index >= 15 is 0 Å². The quantitative estimate of drug-likeness (QED) is 0.920. The lowest BCUT2D eigenvalue weighted by Crippen LogP contribution is -2.31. The average molecular weight is 324 g/mol. The fraction of sp³-hybridized carbons (Fsp3) is 0.333. The molecule has 1 aliphatic heterocycles. The first-order valence-electron chi connectivity index (χ1n) is 7.13. The van der Waals surface area contributed by atoms with Gasteiger partial charge in [-0.3, -0.25) is 4.79 Å². The molecule has 0 bridgehead atoms. The second-order valence-electron chi connectivity index (χ2n) is 5.48. The van der Waals surface area contributed by atoms with Gasteiger partial charge in [-0.1, -0.05) is 6.07 Å². The van der Waals surface area contributed by atoms with E-state index in [2.05, 4.69) is 5.10 Å². The number of hydrogen-bond donors (Lipinski definition) is 1. The standard InChI is InChI=1S/C15H15F3N4O/c16-15(17,18)13-4-6-20-22(13)12-3-1-2-10(8-12)14(23)21-7-5-11(19)9-21/h1-4,6,8,11H,5,7,9,19H2/t11-/m1/s1. The van der Waals surface area contributed by atoms with Gasteiger partial charge in [-0.25, -0.2) is 4.68 Å². The predicted molar refractivity (Wildman–Crippen MR) is 77.1 cm³/mol. The van der Waals surface area contributed by atoms with E-state index < -0.39 is 11.9 Å². The predicted octanol–water partition coefficient (Wildman–Crippen LogP) is 2.06. The van der Waals surface area contributed by atoms with Crippen LogP contribution in [0.15, 0.2) is 36.5 Å². The van der Waals surface area contributed by atoms with Crippen LogP contribution in [0.1, 0.15) is 22.5 Å². The van der Waals surface area contributed by atoms with Crippen LogP contribution in [0.25, 0.3) is 5.69 Å². The summed E-state index contributed by atoms with van der Waals surface area (Å²) in [7, 11) is 0. The van der Waals surface area contributed by atoms with Crippen molar-refractivity contribution in [3.8, 4) is 5.69 Å². The number of carbonyl (C=O) groups excluding carboxylic acids is 1. The molecule has 1 aromatic heterocycles. The second-order valence-corrected chi connectivity index (χ2v) is 5.48. The van der Waals surface area contributed by atoms with Gasteiger partial charge >= 0.3 is 6.18 Å². The van der Waals surface area contributed by atoms with Crippen molar-refractivity contribution in [2.75, 3.05) is 13.1 Å². The number of benzene rings is 1. The lowest BCUT2D eigenvalue weighted by molar-refractivity contribution is -0.142. The Kier molecular flexibility index (Phi) is 3.85. The van der Waals surface area contributed by atoms with E-state index in [4.69, 9.17) is 5.73 Å². The molecule has 0 radical (unpaired) electrons. The molecule has 23 heavy (non-hydrogen) atoms. The van der Waals surface area contributed by atoms with Crippen molar-refractivity contribution >= 4 is 5.91 Å². The molecule has 0 aliphatic carbocycles. The molecule has 0 spiro atoms. The highest BCUT2D eigenvalue weighted by Gasteiger charge is 2.35. The van der Waals surface area contributed by atoms with Crippen LogP contribution in [0.5, 0.6) is 0 Å². The van der Waals surface area contributed by atoms with Crippen LogP contribution in [0.3, 0.4) is 0 Å². The number of halogens is 3. The Morgan fingerprint density at radius 1 is 1.30 bits per heavy atom. The van der Waals surface area contributed by atoms with E-state index in [0.29, 0.717) is 18.7 Å². The van der Waals surface area contributed by atoms with Crippen molar-refractivity contribution in [3.63, 3.8) is 0 Å². The summed E-state index contributed by atoms with van der Waals surface area (Å²) in [5, 5.41) is 3.71. The van der Waals surface area contributed by atoms with Crippen molar-refractivity contribution in [2.45, 2.75) is 18.6 Å². The molecule has 122 valence electrons. The van der Waals surface area contributed by atoms with Crippen molar-refractivity contribution in [1.82, 2.24) is 14.7 Å². The molecule has 1 aliphatic rings. The van der Waals surface area contributed by atoms with Crippen LogP contribution in [0, 0.1) is 0 Å². The number of alkyl halides is 3.